The van der Waals surface area contributed by atoms with Crippen molar-refractivity contribution in [3.8, 4) is 16.8 Å². The molecule has 0 N–H and O–H groups in total. The Labute approximate surface area is 146 Å². The molecule has 118 valence electrons. The molecule has 25 heavy (non-hydrogen) atoms. The molecule has 0 saturated heterocycles. The van der Waals surface area contributed by atoms with Crippen molar-refractivity contribution in [1.29, 1.82) is 0 Å². The maximum Gasteiger partial charge on any atom is 0.204 e. The monoisotopic (exact) mass is 322 g/mol. The summed E-state index contributed by atoms with van der Waals surface area (Å²) in [4.78, 5) is 3.66. The van der Waals surface area contributed by atoms with Crippen molar-refractivity contribution >= 4 is 16.6 Å². The molecule has 1 aliphatic rings. The first-order valence-electron chi connectivity index (χ1n) is 8.37. The molecule has 2 heterocycles. The second-order valence-electron chi connectivity index (χ2n) is 6.51. The summed E-state index contributed by atoms with van der Waals surface area (Å²) >= 11 is 0. The minimum Gasteiger partial charge on any atom is -0.238 e. The molecule has 1 aliphatic heterocycles. The Hall–Kier alpha value is -3.38. The minimum absolute atomic E-state index is 0.725. The van der Waals surface area contributed by atoms with Gasteiger partial charge in [-0.15, -0.1) is 9.36 Å². The SMILES string of the molecule is [C-]#[N+]c1ccc2c[n+]3n(c2c1C)-c1ccc(-c2ccccc2)cc1C3. The van der Waals surface area contributed by atoms with Crippen LogP contribution in [0.5, 0.6) is 0 Å². The van der Waals surface area contributed by atoms with Crippen LogP contribution in [0.3, 0.4) is 0 Å². The van der Waals surface area contributed by atoms with E-state index in [9.17, 15) is 0 Å². The topological polar surface area (TPSA) is 13.2 Å². The van der Waals surface area contributed by atoms with Crippen LogP contribution in [-0.2, 0) is 6.54 Å². The predicted octanol–water partition coefficient (Wildman–Crippen LogP) is 4.81. The highest BCUT2D eigenvalue weighted by molar-refractivity contribution is 5.88. The van der Waals surface area contributed by atoms with Gasteiger partial charge in [-0.05, 0) is 35.7 Å². The second-order valence-corrected chi connectivity index (χ2v) is 6.51. The van der Waals surface area contributed by atoms with Crippen LogP contribution in [-0.4, -0.2) is 4.68 Å². The number of benzene rings is 3. The van der Waals surface area contributed by atoms with E-state index in [1.165, 1.54) is 27.8 Å². The summed E-state index contributed by atoms with van der Waals surface area (Å²) in [6, 6.07) is 21.1. The van der Waals surface area contributed by atoms with Crippen LogP contribution in [0.4, 0.5) is 5.69 Å². The quantitative estimate of drug-likeness (QED) is 0.310. The average molecular weight is 322 g/mol. The van der Waals surface area contributed by atoms with E-state index in [1.54, 1.807) is 0 Å². The fourth-order valence-corrected chi connectivity index (χ4v) is 3.84. The zero-order chi connectivity index (χ0) is 17.0. The van der Waals surface area contributed by atoms with Gasteiger partial charge < -0.3 is 0 Å². The normalized spacial score (nSPS) is 12.0. The Morgan fingerprint density at radius 3 is 2.64 bits per heavy atom. The predicted molar refractivity (Wildman–Crippen MR) is 99.0 cm³/mol. The van der Waals surface area contributed by atoms with Gasteiger partial charge in [0.05, 0.1) is 12.0 Å². The van der Waals surface area contributed by atoms with Gasteiger partial charge in [-0.2, -0.15) is 0 Å². The Morgan fingerprint density at radius 1 is 1.00 bits per heavy atom. The molecule has 0 radical (unpaired) electrons. The summed E-state index contributed by atoms with van der Waals surface area (Å²) < 4.78 is 4.49. The van der Waals surface area contributed by atoms with Crippen molar-refractivity contribution in [2.75, 3.05) is 0 Å². The summed E-state index contributed by atoms with van der Waals surface area (Å²) in [6.45, 7) is 10.3. The first kappa shape index (κ1) is 14.0. The van der Waals surface area contributed by atoms with Crippen LogP contribution in [0, 0.1) is 13.5 Å². The molecule has 0 unspecified atom stereocenters. The third-order valence-electron chi connectivity index (χ3n) is 5.06. The number of fused-ring (bicyclic) bond motifs is 5. The molecule has 0 aliphatic carbocycles. The van der Waals surface area contributed by atoms with Gasteiger partial charge in [0.1, 0.15) is 11.2 Å². The van der Waals surface area contributed by atoms with Crippen molar-refractivity contribution in [3.63, 3.8) is 0 Å². The molecule has 1 aromatic heterocycles. The molecule has 4 aromatic rings. The summed E-state index contributed by atoms with van der Waals surface area (Å²) in [6.07, 6.45) is 2.18. The van der Waals surface area contributed by atoms with Crippen molar-refractivity contribution < 1.29 is 4.68 Å². The van der Waals surface area contributed by atoms with Gasteiger partial charge in [0.15, 0.2) is 12.2 Å². The standard InChI is InChI=1S/C22H16N3/c1-15-20(23-2)10-8-18-13-24-14-19-12-17(16-6-4-3-5-7-16)9-11-21(19)25(24)22(15)18/h3-13H,14H2,1H3/q+1. The molecule has 0 bridgehead atoms. The Bertz CT molecular complexity index is 1180. The first-order valence-corrected chi connectivity index (χ1v) is 8.37. The summed E-state index contributed by atoms with van der Waals surface area (Å²) in [5, 5.41) is 1.18. The van der Waals surface area contributed by atoms with Gasteiger partial charge in [0.2, 0.25) is 6.20 Å². The minimum atomic E-state index is 0.725. The lowest BCUT2D eigenvalue weighted by molar-refractivity contribution is -0.749. The van der Waals surface area contributed by atoms with Crippen molar-refractivity contribution in [2.24, 2.45) is 0 Å². The largest absolute Gasteiger partial charge is 0.238 e. The van der Waals surface area contributed by atoms with Gasteiger partial charge in [-0.3, -0.25) is 0 Å². The number of hydrogen-bond donors (Lipinski definition) is 0. The van der Waals surface area contributed by atoms with Crippen LogP contribution >= 0.6 is 0 Å². The van der Waals surface area contributed by atoms with E-state index in [0.29, 0.717) is 0 Å². The fraction of sp³-hybridized carbons (Fsp3) is 0.0909. The van der Waals surface area contributed by atoms with E-state index in [4.69, 9.17) is 6.57 Å². The summed E-state index contributed by atoms with van der Waals surface area (Å²) in [5.74, 6) is 0. The van der Waals surface area contributed by atoms with E-state index in [2.05, 4.69) is 62.9 Å². The summed E-state index contributed by atoms with van der Waals surface area (Å²) in [5.41, 5.74) is 7.92. The Kier molecular flexibility index (Phi) is 2.83. The third-order valence-corrected chi connectivity index (χ3v) is 5.06. The highest BCUT2D eigenvalue weighted by Gasteiger charge is 2.29. The fourth-order valence-electron chi connectivity index (χ4n) is 3.84. The maximum atomic E-state index is 7.39. The second kappa shape index (κ2) is 5.06. The zero-order valence-corrected chi connectivity index (χ0v) is 13.9. The third kappa shape index (κ3) is 1.95. The van der Waals surface area contributed by atoms with E-state index < -0.39 is 0 Å². The number of aromatic nitrogens is 2. The smallest absolute Gasteiger partial charge is 0.204 e. The molecule has 3 nitrogen and oxygen atoms in total. The van der Waals surface area contributed by atoms with Crippen molar-refractivity contribution in [1.82, 2.24) is 4.68 Å². The van der Waals surface area contributed by atoms with Gasteiger partial charge >= 0.3 is 0 Å². The van der Waals surface area contributed by atoms with E-state index in [0.717, 1.165) is 23.3 Å². The van der Waals surface area contributed by atoms with Crippen molar-refractivity contribution in [3.05, 3.63) is 89.4 Å². The van der Waals surface area contributed by atoms with Gasteiger partial charge in [0.25, 0.3) is 0 Å². The Morgan fingerprint density at radius 2 is 1.84 bits per heavy atom. The molecule has 0 saturated carbocycles. The molecule has 0 atom stereocenters. The first-order chi connectivity index (χ1) is 12.3. The lowest BCUT2D eigenvalue weighted by Crippen LogP contribution is -2.36. The molecule has 0 fully saturated rings. The molecular weight excluding hydrogens is 306 g/mol. The zero-order valence-electron chi connectivity index (χ0n) is 13.9. The van der Waals surface area contributed by atoms with Gasteiger partial charge in [-0.1, -0.05) is 48.5 Å². The Balaban J connectivity index is 1.72. The number of hydrogen-bond acceptors (Lipinski definition) is 0. The van der Waals surface area contributed by atoms with E-state index in [1.807, 2.05) is 25.1 Å². The van der Waals surface area contributed by atoms with Crippen LogP contribution in [0.2, 0.25) is 0 Å². The lowest BCUT2D eigenvalue weighted by atomic mass is 10.0. The number of nitrogens with zero attached hydrogens (tertiary/aromatic N) is 3. The molecule has 3 aromatic carbocycles. The lowest BCUT2D eigenvalue weighted by Gasteiger charge is -2.05. The number of rotatable bonds is 1. The van der Waals surface area contributed by atoms with Gasteiger partial charge in [0, 0.05) is 5.56 Å². The highest BCUT2D eigenvalue weighted by atomic mass is 15.4. The molecule has 0 spiro atoms. The van der Waals surface area contributed by atoms with Crippen molar-refractivity contribution in [2.45, 2.75) is 13.5 Å². The average Bonchev–Trinajstić information content (AvgIpc) is 3.18. The van der Waals surface area contributed by atoms with E-state index in [-0.39, 0.29) is 0 Å². The maximum absolute atomic E-state index is 7.39. The van der Waals surface area contributed by atoms with Crippen LogP contribution < -0.4 is 4.68 Å². The molecule has 5 rings (SSSR count). The molecule has 3 heteroatoms. The number of aryl methyl sites for hydroxylation is 1. The molecule has 0 amide bonds. The molecular formula is C22H16N3+. The highest BCUT2D eigenvalue weighted by Crippen LogP contribution is 2.33. The summed E-state index contributed by atoms with van der Waals surface area (Å²) in [7, 11) is 0. The van der Waals surface area contributed by atoms with Crippen LogP contribution in [0.25, 0.3) is 32.6 Å². The van der Waals surface area contributed by atoms with Gasteiger partial charge in [-0.25, -0.2) is 4.85 Å². The van der Waals surface area contributed by atoms with Crippen LogP contribution in [0.1, 0.15) is 11.1 Å². The van der Waals surface area contributed by atoms with Crippen LogP contribution in [0.15, 0.2) is 66.9 Å². The van der Waals surface area contributed by atoms with E-state index >= 15 is 0 Å².